The van der Waals surface area contributed by atoms with Crippen LogP contribution >= 0.6 is 11.8 Å². The fourth-order valence-corrected chi connectivity index (χ4v) is 3.66. The largest absolute Gasteiger partial charge is 0.481 e. The molecule has 3 N–H and O–H groups in total. The molecular weight excluding hydrogens is 359 g/mol. The molecule has 1 aromatic carbocycles. The number of carbonyl (C=O) groups is 3. The summed E-state index contributed by atoms with van der Waals surface area (Å²) in [4.78, 5) is 35.5. The van der Waals surface area contributed by atoms with Crippen LogP contribution in [-0.2, 0) is 20.8 Å². The van der Waals surface area contributed by atoms with E-state index in [0.717, 1.165) is 0 Å². The Balaban J connectivity index is 1.82. The molecule has 1 aliphatic rings. The van der Waals surface area contributed by atoms with Gasteiger partial charge >= 0.3 is 5.97 Å². The van der Waals surface area contributed by atoms with Gasteiger partial charge in [0.1, 0.15) is 11.9 Å². The van der Waals surface area contributed by atoms with Gasteiger partial charge < -0.3 is 15.7 Å². The number of hydrogen-bond donors (Lipinski definition) is 3. The van der Waals surface area contributed by atoms with Crippen molar-refractivity contribution in [3.05, 3.63) is 35.6 Å². The van der Waals surface area contributed by atoms with Gasteiger partial charge in [-0.15, -0.1) is 11.8 Å². The van der Waals surface area contributed by atoms with Crippen LogP contribution in [0.25, 0.3) is 0 Å². The Labute approximate surface area is 155 Å². The van der Waals surface area contributed by atoms with Crippen molar-refractivity contribution in [2.75, 3.05) is 12.3 Å². The third kappa shape index (κ3) is 5.20. The lowest BCUT2D eigenvalue weighted by atomic mass is 9.90. The predicted octanol–water partition coefficient (Wildman–Crippen LogP) is 1.59. The summed E-state index contributed by atoms with van der Waals surface area (Å²) in [6.07, 6.45) is 0.558. The van der Waals surface area contributed by atoms with Gasteiger partial charge in [-0.05, 0) is 38.3 Å². The first-order valence-corrected chi connectivity index (χ1v) is 9.42. The minimum absolute atomic E-state index is 0.216. The quantitative estimate of drug-likeness (QED) is 0.666. The molecular formula is C18H23FN2O4S. The Morgan fingerprint density at radius 3 is 2.69 bits per heavy atom. The van der Waals surface area contributed by atoms with E-state index < -0.39 is 22.7 Å². The number of benzene rings is 1. The van der Waals surface area contributed by atoms with E-state index in [9.17, 15) is 18.8 Å². The molecule has 2 rings (SSSR count). The van der Waals surface area contributed by atoms with Crippen molar-refractivity contribution in [2.24, 2.45) is 5.41 Å². The lowest BCUT2D eigenvalue weighted by Gasteiger charge is -2.28. The van der Waals surface area contributed by atoms with E-state index >= 15 is 0 Å². The van der Waals surface area contributed by atoms with Crippen LogP contribution in [0.2, 0.25) is 0 Å². The molecule has 142 valence electrons. The molecule has 2 unspecified atom stereocenters. The second kappa shape index (κ2) is 8.53. The molecule has 1 fully saturated rings. The average Bonchev–Trinajstić information content (AvgIpc) is 2.58. The number of carboxylic acids is 1. The fourth-order valence-electron chi connectivity index (χ4n) is 2.48. The fraction of sp³-hybridized carbons (Fsp3) is 0.500. The summed E-state index contributed by atoms with van der Waals surface area (Å²) in [6, 6.07) is 5.65. The molecule has 1 aliphatic heterocycles. The molecule has 0 aromatic heterocycles. The van der Waals surface area contributed by atoms with Crippen molar-refractivity contribution in [3.8, 4) is 0 Å². The summed E-state index contributed by atoms with van der Waals surface area (Å²) in [5.74, 6) is -1.52. The van der Waals surface area contributed by atoms with Crippen LogP contribution in [0.5, 0.6) is 0 Å². The molecule has 6 nitrogen and oxygen atoms in total. The molecule has 0 radical (unpaired) electrons. The van der Waals surface area contributed by atoms with Crippen LogP contribution in [0.4, 0.5) is 4.39 Å². The highest BCUT2D eigenvalue weighted by atomic mass is 32.2. The molecule has 8 heteroatoms. The Bertz CT molecular complexity index is 696. The summed E-state index contributed by atoms with van der Waals surface area (Å²) in [6.45, 7) is 3.40. The zero-order valence-electron chi connectivity index (χ0n) is 14.8. The van der Waals surface area contributed by atoms with Gasteiger partial charge in [-0.1, -0.05) is 18.2 Å². The number of aliphatic carboxylic acids is 1. The third-order valence-electron chi connectivity index (χ3n) is 4.38. The first kappa shape index (κ1) is 20.2. The molecule has 0 aliphatic carbocycles. The van der Waals surface area contributed by atoms with Crippen LogP contribution in [0.3, 0.4) is 0 Å². The van der Waals surface area contributed by atoms with Crippen LogP contribution in [0.15, 0.2) is 24.3 Å². The summed E-state index contributed by atoms with van der Waals surface area (Å²) >= 11 is 1.32. The number of nitrogens with one attached hydrogen (secondary N) is 2. The van der Waals surface area contributed by atoms with Crippen molar-refractivity contribution in [3.63, 3.8) is 0 Å². The monoisotopic (exact) mass is 382 g/mol. The Kier molecular flexibility index (Phi) is 6.63. The Hall–Kier alpha value is -2.09. The van der Waals surface area contributed by atoms with Gasteiger partial charge in [-0.3, -0.25) is 14.4 Å². The molecule has 0 bridgehead atoms. The Morgan fingerprint density at radius 2 is 2.08 bits per heavy atom. The number of thioether (sulfide) groups is 1. The van der Waals surface area contributed by atoms with E-state index in [4.69, 9.17) is 5.11 Å². The van der Waals surface area contributed by atoms with Gasteiger partial charge in [-0.25, -0.2) is 4.39 Å². The molecule has 1 saturated heterocycles. The number of halogens is 1. The minimum atomic E-state index is -0.928. The highest BCUT2D eigenvalue weighted by Gasteiger charge is 2.33. The molecule has 0 saturated carbocycles. The van der Waals surface area contributed by atoms with Crippen LogP contribution in [0.1, 0.15) is 25.8 Å². The summed E-state index contributed by atoms with van der Waals surface area (Å²) in [7, 11) is 0. The topological polar surface area (TPSA) is 95.5 Å². The maximum absolute atomic E-state index is 13.7. The number of amides is 2. The van der Waals surface area contributed by atoms with Gasteiger partial charge in [-0.2, -0.15) is 0 Å². The second-order valence-electron chi connectivity index (χ2n) is 6.91. The van der Waals surface area contributed by atoms with E-state index in [2.05, 4.69) is 10.6 Å². The second-order valence-corrected chi connectivity index (χ2v) is 8.14. The summed E-state index contributed by atoms with van der Waals surface area (Å²) in [5.41, 5.74) is -0.457. The minimum Gasteiger partial charge on any atom is -0.481 e. The van der Waals surface area contributed by atoms with E-state index in [-0.39, 0.29) is 37.0 Å². The van der Waals surface area contributed by atoms with Crippen molar-refractivity contribution in [2.45, 2.75) is 38.0 Å². The molecule has 0 spiro atoms. The lowest BCUT2D eigenvalue weighted by molar-refractivity contribution is -0.147. The highest BCUT2D eigenvalue weighted by Crippen LogP contribution is 2.23. The maximum atomic E-state index is 13.7. The van der Waals surface area contributed by atoms with Gasteiger partial charge in [0.2, 0.25) is 11.8 Å². The molecule has 26 heavy (non-hydrogen) atoms. The molecule has 2 atom stereocenters. The van der Waals surface area contributed by atoms with Crippen LogP contribution < -0.4 is 10.6 Å². The molecule has 1 aromatic rings. The maximum Gasteiger partial charge on any atom is 0.309 e. The lowest BCUT2D eigenvalue weighted by Crippen LogP contribution is -2.54. The first-order chi connectivity index (χ1) is 12.2. The first-order valence-electron chi connectivity index (χ1n) is 8.37. The van der Waals surface area contributed by atoms with Gasteiger partial charge in [0.05, 0.1) is 10.7 Å². The molecule has 1 heterocycles. The zero-order valence-corrected chi connectivity index (χ0v) is 15.6. The van der Waals surface area contributed by atoms with Gasteiger partial charge in [0, 0.05) is 12.3 Å². The van der Waals surface area contributed by atoms with Crippen LogP contribution in [0, 0.1) is 11.2 Å². The van der Waals surface area contributed by atoms with Crippen molar-refractivity contribution >= 4 is 29.5 Å². The number of hydrogen-bond acceptors (Lipinski definition) is 4. The normalized spacial score (nSPS) is 20.3. The third-order valence-corrected chi connectivity index (χ3v) is 5.69. The zero-order chi connectivity index (χ0) is 19.3. The summed E-state index contributed by atoms with van der Waals surface area (Å²) in [5, 5.41) is 14.0. The van der Waals surface area contributed by atoms with E-state index in [0.29, 0.717) is 11.3 Å². The highest BCUT2D eigenvalue weighted by molar-refractivity contribution is 8.00. The Morgan fingerprint density at radius 1 is 1.38 bits per heavy atom. The smallest absolute Gasteiger partial charge is 0.309 e. The van der Waals surface area contributed by atoms with Crippen molar-refractivity contribution in [1.82, 2.24) is 10.6 Å². The van der Waals surface area contributed by atoms with E-state index in [1.54, 1.807) is 32.0 Å². The van der Waals surface area contributed by atoms with Gasteiger partial charge in [0.25, 0.3) is 0 Å². The SMILES string of the molecule is CC(C)(CCNC(=O)C1CSC(Cc2ccccc2F)C(=O)N1)C(=O)O. The average molecular weight is 382 g/mol. The molecule has 2 amide bonds. The number of carbonyl (C=O) groups excluding carboxylic acids is 2. The van der Waals surface area contributed by atoms with E-state index in [1.807, 2.05) is 0 Å². The van der Waals surface area contributed by atoms with Crippen molar-refractivity contribution in [1.29, 1.82) is 0 Å². The standard InChI is InChI=1S/C18H23FN2O4S/c1-18(2,17(24)25)7-8-20-15(22)13-10-26-14(16(23)21-13)9-11-5-3-4-6-12(11)19/h3-6,13-14H,7-10H2,1-2H3,(H,20,22)(H,21,23)(H,24,25). The van der Waals surface area contributed by atoms with Crippen molar-refractivity contribution < 1.29 is 23.9 Å². The predicted molar refractivity (Wildman–Crippen MR) is 97.3 cm³/mol. The van der Waals surface area contributed by atoms with E-state index in [1.165, 1.54) is 17.8 Å². The van der Waals surface area contributed by atoms with Gasteiger partial charge in [0.15, 0.2) is 0 Å². The number of carboxylic acid groups (broad SMARTS) is 1. The number of rotatable bonds is 7. The van der Waals surface area contributed by atoms with Crippen LogP contribution in [-0.4, -0.2) is 46.5 Å². The summed E-state index contributed by atoms with van der Waals surface area (Å²) < 4.78 is 13.7.